The van der Waals surface area contributed by atoms with E-state index in [1.165, 1.54) is 14.2 Å². The highest BCUT2D eigenvalue weighted by Gasteiger charge is 2.21. The van der Waals surface area contributed by atoms with Gasteiger partial charge in [-0.05, 0) is 12.1 Å². The fourth-order valence-corrected chi connectivity index (χ4v) is 3.45. The van der Waals surface area contributed by atoms with Gasteiger partial charge in [-0.25, -0.2) is 4.79 Å². The molecule has 0 spiro atoms. The van der Waals surface area contributed by atoms with E-state index in [0.29, 0.717) is 11.5 Å². The minimum Gasteiger partial charge on any atom is -0.480 e. The molecule has 0 saturated carbocycles. The molecular weight excluding hydrogens is 472 g/mol. The molecule has 0 saturated heterocycles. The van der Waals surface area contributed by atoms with Crippen molar-refractivity contribution in [3.05, 3.63) is 59.7 Å². The summed E-state index contributed by atoms with van der Waals surface area (Å²) in [6.45, 7) is 0.432. The van der Waals surface area contributed by atoms with Gasteiger partial charge in [0.05, 0.1) is 13.1 Å². The van der Waals surface area contributed by atoms with Gasteiger partial charge in [-0.15, -0.1) is 0 Å². The molecule has 36 heavy (non-hydrogen) atoms. The van der Waals surface area contributed by atoms with E-state index in [-0.39, 0.29) is 52.9 Å². The molecule has 2 aromatic rings. The van der Waals surface area contributed by atoms with Gasteiger partial charge in [0.2, 0.25) is 0 Å². The van der Waals surface area contributed by atoms with Crippen LogP contribution in [-0.2, 0) is 36.9 Å². The Hall–Kier alpha value is -3.51. The van der Waals surface area contributed by atoms with Crippen LogP contribution in [0, 0.1) is 0 Å². The number of benzene rings is 2. The van der Waals surface area contributed by atoms with Crippen LogP contribution < -0.4 is 9.47 Å². The number of methoxy groups -OCH3 is 2. The maximum atomic E-state index is 12.0. The zero-order valence-electron chi connectivity index (χ0n) is 20.4. The topological polar surface area (TPSA) is 135 Å². The van der Waals surface area contributed by atoms with Crippen molar-refractivity contribution in [2.45, 2.75) is 13.1 Å². The zero-order chi connectivity index (χ0) is 26.3. The number of carboxylic acids is 2. The third-order valence-electron chi connectivity index (χ3n) is 5.09. The van der Waals surface area contributed by atoms with Crippen LogP contribution in [0.4, 0.5) is 0 Å². The van der Waals surface area contributed by atoms with E-state index >= 15 is 0 Å². The number of nitrogens with zero attached hydrogens (tertiary/aromatic N) is 2. The van der Waals surface area contributed by atoms with E-state index in [9.17, 15) is 19.5 Å². The Balaban J connectivity index is 2.19. The van der Waals surface area contributed by atoms with Crippen molar-refractivity contribution in [1.82, 2.24) is 9.80 Å². The van der Waals surface area contributed by atoms with Crippen molar-refractivity contribution in [3.8, 4) is 11.5 Å². The molecule has 0 aliphatic carbocycles. The number of Topliss-reactive ketones (excluding diaryl/α,β-unsaturated/α-hetero) is 1. The van der Waals surface area contributed by atoms with Gasteiger partial charge >= 0.3 is 11.9 Å². The maximum absolute atomic E-state index is 12.0. The number of hydrogen-bond donors (Lipinski definition) is 2. The predicted octanol–water partition coefficient (Wildman–Crippen LogP) is 1.69. The SMILES string of the molecule is COCOc1ccccc1CN(CCN(CC(=O)C(=O)O)Cc1ccccc1OCOC)CC(=O)O. The van der Waals surface area contributed by atoms with Crippen molar-refractivity contribution in [2.75, 3.05) is 54.0 Å². The second-order valence-electron chi connectivity index (χ2n) is 7.86. The van der Waals surface area contributed by atoms with Crippen LogP contribution in [0.15, 0.2) is 48.5 Å². The minimum atomic E-state index is -1.53. The first-order chi connectivity index (χ1) is 17.3. The number of carbonyl (C=O) groups excluding carboxylic acids is 1. The summed E-state index contributed by atoms with van der Waals surface area (Å²) in [5.41, 5.74) is 1.50. The molecule has 0 aromatic heterocycles. The lowest BCUT2D eigenvalue weighted by atomic mass is 10.1. The molecule has 2 rings (SSSR count). The van der Waals surface area contributed by atoms with E-state index in [4.69, 9.17) is 24.1 Å². The number of para-hydroxylation sites is 2. The third kappa shape index (κ3) is 10.0. The second kappa shape index (κ2) is 15.5. The van der Waals surface area contributed by atoms with E-state index in [1.54, 1.807) is 40.1 Å². The summed E-state index contributed by atoms with van der Waals surface area (Å²) in [6.07, 6.45) is 0. The van der Waals surface area contributed by atoms with Crippen LogP contribution in [-0.4, -0.2) is 91.7 Å². The molecule has 0 aliphatic rings. The number of ether oxygens (including phenoxy) is 4. The number of hydrogen-bond acceptors (Lipinski definition) is 9. The largest absolute Gasteiger partial charge is 0.480 e. The molecule has 0 atom stereocenters. The molecule has 0 amide bonds. The van der Waals surface area contributed by atoms with Gasteiger partial charge in [-0.3, -0.25) is 19.4 Å². The van der Waals surface area contributed by atoms with Crippen molar-refractivity contribution >= 4 is 17.7 Å². The summed E-state index contributed by atoms with van der Waals surface area (Å²) in [7, 11) is 3.00. The van der Waals surface area contributed by atoms with Crippen LogP contribution >= 0.6 is 0 Å². The summed E-state index contributed by atoms with van der Waals surface area (Å²) in [6, 6.07) is 14.4. The zero-order valence-corrected chi connectivity index (χ0v) is 20.4. The Morgan fingerprint density at radius 3 is 1.58 bits per heavy atom. The number of ketones is 1. The van der Waals surface area contributed by atoms with Gasteiger partial charge in [0.15, 0.2) is 13.6 Å². The summed E-state index contributed by atoms with van der Waals surface area (Å²) in [5, 5.41) is 18.6. The highest BCUT2D eigenvalue weighted by Crippen LogP contribution is 2.22. The van der Waals surface area contributed by atoms with Crippen LogP contribution in [0.3, 0.4) is 0 Å². The minimum absolute atomic E-state index is 0.0298. The molecule has 0 unspecified atom stereocenters. The van der Waals surface area contributed by atoms with Crippen molar-refractivity contribution in [2.24, 2.45) is 0 Å². The van der Waals surface area contributed by atoms with E-state index in [2.05, 4.69) is 0 Å². The van der Waals surface area contributed by atoms with Gasteiger partial charge in [0.25, 0.3) is 5.78 Å². The molecule has 0 fully saturated rings. The Labute approximate surface area is 209 Å². The monoisotopic (exact) mass is 504 g/mol. The highest BCUT2D eigenvalue weighted by molar-refractivity contribution is 6.33. The van der Waals surface area contributed by atoms with Crippen molar-refractivity contribution in [3.63, 3.8) is 0 Å². The fourth-order valence-electron chi connectivity index (χ4n) is 3.45. The summed E-state index contributed by atoms with van der Waals surface area (Å²) >= 11 is 0. The van der Waals surface area contributed by atoms with Crippen molar-refractivity contribution in [1.29, 1.82) is 0 Å². The summed E-state index contributed by atoms with van der Waals surface area (Å²) in [5.74, 6) is -2.41. The number of rotatable bonds is 18. The standard InChI is InChI=1S/C25H32N2O9/c1-33-17-35-22-9-5-3-7-19(22)13-26(15-21(28)25(31)32)11-12-27(16-24(29)30)14-20-8-4-6-10-23(20)36-18-34-2/h3-10H,11-18H2,1-2H3,(H,29,30)(H,31,32). The van der Waals surface area contributed by atoms with Crippen LogP contribution in [0.2, 0.25) is 0 Å². The first kappa shape index (κ1) is 28.7. The Bertz CT molecular complexity index is 999. The average Bonchev–Trinajstić information content (AvgIpc) is 2.85. The van der Waals surface area contributed by atoms with E-state index in [1.807, 2.05) is 18.2 Å². The molecule has 11 nitrogen and oxygen atoms in total. The third-order valence-corrected chi connectivity index (χ3v) is 5.09. The Morgan fingerprint density at radius 1 is 0.722 bits per heavy atom. The van der Waals surface area contributed by atoms with Crippen molar-refractivity contribution < 1.29 is 43.5 Å². The van der Waals surface area contributed by atoms with Gasteiger partial charge in [-0.2, -0.15) is 0 Å². The van der Waals surface area contributed by atoms with Crippen LogP contribution in [0.5, 0.6) is 11.5 Å². The molecule has 0 aliphatic heterocycles. The lowest BCUT2D eigenvalue weighted by molar-refractivity contribution is -0.149. The maximum Gasteiger partial charge on any atom is 0.373 e. The molecule has 196 valence electrons. The molecular formula is C25H32N2O9. The van der Waals surface area contributed by atoms with Gasteiger partial charge in [0.1, 0.15) is 11.5 Å². The smallest absolute Gasteiger partial charge is 0.373 e. The molecule has 0 radical (unpaired) electrons. The summed E-state index contributed by atoms with van der Waals surface area (Å²) in [4.78, 5) is 38.1. The first-order valence-corrected chi connectivity index (χ1v) is 11.2. The highest BCUT2D eigenvalue weighted by atomic mass is 16.7. The quantitative estimate of drug-likeness (QED) is 0.227. The molecule has 0 bridgehead atoms. The first-order valence-electron chi connectivity index (χ1n) is 11.2. The van der Waals surface area contributed by atoms with E-state index in [0.717, 1.165) is 11.1 Å². The average molecular weight is 505 g/mol. The van der Waals surface area contributed by atoms with Crippen LogP contribution in [0.25, 0.3) is 0 Å². The number of aliphatic carboxylic acids is 2. The van der Waals surface area contributed by atoms with E-state index < -0.39 is 17.7 Å². The lowest BCUT2D eigenvalue weighted by Crippen LogP contribution is -2.40. The molecule has 0 heterocycles. The fraction of sp³-hybridized carbons (Fsp3) is 0.400. The molecule has 2 aromatic carbocycles. The van der Waals surface area contributed by atoms with Crippen LogP contribution in [0.1, 0.15) is 11.1 Å². The molecule has 11 heteroatoms. The molecule has 2 N–H and O–H groups in total. The lowest BCUT2D eigenvalue weighted by Gasteiger charge is -2.27. The van der Waals surface area contributed by atoms with Gasteiger partial charge < -0.3 is 29.2 Å². The Morgan fingerprint density at radius 2 is 1.17 bits per heavy atom. The predicted molar refractivity (Wildman–Crippen MR) is 129 cm³/mol. The Kier molecular flexibility index (Phi) is 12.4. The number of carbonyl (C=O) groups is 3. The van der Waals surface area contributed by atoms with Gasteiger partial charge in [-0.1, -0.05) is 36.4 Å². The normalized spacial score (nSPS) is 11.0. The summed E-state index contributed by atoms with van der Waals surface area (Å²) < 4.78 is 21.1. The van der Waals surface area contributed by atoms with Gasteiger partial charge in [0, 0.05) is 51.5 Å². The second-order valence-corrected chi connectivity index (χ2v) is 7.86. The number of carboxylic acid groups (broad SMARTS) is 2.